The van der Waals surface area contributed by atoms with E-state index >= 15 is 0 Å². The lowest BCUT2D eigenvalue weighted by Crippen LogP contribution is -2.04. The van der Waals surface area contributed by atoms with Crippen molar-refractivity contribution in [2.45, 2.75) is 6.42 Å². The molecule has 0 spiro atoms. The smallest absolute Gasteiger partial charge is 0.309 e. The standard InChI is InChI=1S/C11H11NO4/c1-14-8-3-7(5-10(13)15-2)4-9-11(8)12-6-16-9/h3-4,6H,5H2,1-2H3. The monoisotopic (exact) mass is 221 g/mol. The van der Waals surface area contributed by atoms with Gasteiger partial charge in [-0.3, -0.25) is 4.79 Å². The van der Waals surface area contributed by atoms with Crippen molar-refractivity contribution in [2.24, 2.45) is 0 Å². The highest BCUT2D eigenvalue weighted by Gasteiger charge is 2.11. The molecule has 0 amide bonds. The van der Waals surface area contributed by atoms with Crippen LogP contribution in [-0.4, -0.2) is 25.2 Å². The van der Waals surface area contributed by atoms with E-state index in [1.54, 1.807) is 19.2 Å². The maximum atomic E-state index is 11.1. The van der Waals surface area contributed by atoms with Crippen LogP contribution in [-0.2, 0) is 16.0 Å². The number of ether oxygens (including phenoxy) is 2. The maximum absolute atomic E-state index is 11.1. The summed E-state index contributed by atoms with van der Waals surface area (Å²) in [6.45, 7) is 0. The number of fused-ring (bicyclic) bond motifs is 1. The molecule has 5 nitrogen and oxygen atoms in total. The van der Waals surface area contributed by atoms with Crippen molar-refractivity contribution in [3.63, 3.8) is 0 Å². The third-order valence-corrected chi connectivity index (χ3v) is 2.26. The van der Waals surface area contributed by atoms with E-state index in [4.69, 9.17) is 9.15 Å². The molecule has 5 heteroatoms. The van der Waals surface area contributed by atoms with Crippen LogP contribution in [0.25, 0.3) is 11.1 Å². The van der Waals surface area contributed by atoms with Gasteiger partial charge in [-0.2, -0.15) is 0 Å². The molecule has 0 aliphatic rings. The Hall–Kier alpha value is -2.04. The van der Waals surface area contributed by atoms with E-state index in [1.807, 2.05) is 0 Å². The second kappa shape index (κ2) is 4.22. The molecule has 0 aliphatic carbocycles. The third-order valence-electron chi connectivity index (χ3n) is 2.26. The third kappa shape index (κ3) is 1.84. The van der Waals surface area contributed by atoms with E-state index in [0.29, 0.717) is 16.8 Å². The fourth-order valence-corrected chi connectivity index (χ4v) is 1.49. The summed E-state index contributed by atoms with van der Waals surface area (Å²) < 4.78 is 14.9. The Morgan fingerprint density at radius 2 is 2.25 bits per heavy atom. The van der Waals surface area contributed by atoms with Crippen LogP contribution in [0.5, 0.6) is 5.75 Å². The molecule has 2 aromatic rings. The summed E-state index contributed by atoms with van der Waals surface area (Å²) in [7, 11) is 2.90. The lowest BCUT2D eigenvalue weighted by atomic mass is 10.1. The molecule has 0 aliphatic heterocycles. The molecular formula is C11H11NO4. The average Bonchev–Trinajstić information content (AvgIpc) is 2.75. The SMILES string of the molecule is COC(=O)Cc1cc(OC)c2ncoc2c1. The van der Waals surface area contributed by atoms with Gasteiger partial charge in [0.05, 0.1) is 20.6 Å². The Kier molecular flexibility index (Phi) is 2.76. The number of esters is 1. The normalized spacial score (nSPS) is 10.4. The molecule has 1 aromatic carbocycles. The Balaban J connectivity index is 2.43. The van der Waals surface area contributed by atoms with E-state index in [2.05, 4.69) is 9.72 Å². The van der Waals surface area contributed by atoms with Gasteiger partial charge >= 0.3 is 5.97 Å². The highest BCUT2D eigenvalue weighted by Crippen LogP contribution is 2.26. The van der Waals surface area contributed by atoms with Gasteiger partial charge in [0.2, 0.25) is 0 Å². The van der Waals surface area contributed by atoms with Gasteiger partial charge in [0, 0.05) is 0 Å². The van der Waals surface area contributed by atoms with Crippen molar-refractivity contribution in [1.82, 2.24) is 4.98 Å². The van der Waals surface area contributed by atoms with Crippen LogP contribution in [0, 0.1) is 0 Å². The van der Waals surface area contributed by atoms with Gasteiger partial charge < -0.3 is 13.9 Å². The second-order valence-electron chi connectivity index (χ2n) is 3.25. The molecule has 2 rings (SSSR count). The minimum absolute atomic E-state index is 0.184. The molecular weight excluding hydrogens is 210 g/mol. The summed E-state index contributed by atoms with van der Waals surface area (Å²) in [5, 5.41) is 0. The highest BCUT2D eigenvalue weighted by molar-refractivity contribution is 5.82. The van der Waals surface area contributed by atoms with Gasteiger partial charge in [0.15, 0.2) is 17.5 Å². The zero-order chi connectivity index (χ0) is 11.5. The summed E-state index contributed by atoms with van der Waals surface area (Å²) in [6, 6.07) is 3.50. The largest absolute Gasteiger partial charge is 0.494 e. The molecule has 1 heterocycles. The number of carbonyl (C=O) groups excluding carboxylic acids is 1. The van der Waals surface area contributed by atoms with E-state index in [0.717, 1.165) is 5.56 Å². The number of benzene rings is 1. The predicted octanol–water partition coefficient (Wildman–Crippen LogP) is 1.55. The lowest BCUT2D eigenvalue weighted by Gasteiger charge is -2.04. The van der Waals surface area contributed by atoms with Gasteiger partial charge in [-0.05, 0) is 17.7 Å². The molecule has 0 saturated carbocycles. The van der Waals surface area contributed by atoms with Crippen LogP contribution in [0.3, 0.4) is 0 Å². The summed E-state index contributed by atoms with van der Waals surface area (Å²) in [6.07, 6.45) is 1.53. The van der Waals surface area contributed by atoms with Crippen molar-refractivity contribution < 1.29 is 18.7 Å². The lowest BCUT2D eigenvalue weighted by molar-refractivity contribution is -0.139. The van der Waals surface area contributed by atoms with Crippen molar-refractivity contribution in [1.29, 1.82) is 0 Å². The van der Waals surface area contributed by atoms with Gasteiger partial charge in [0.1, 0.15) is 5.75 Å². The summed E-state index contributed by atoms with van der Waals surface area (Å²) in [5.74, 6) is 0.283. The van der Waals surface area contributed by atoms with Crippen molar-refractivity contribution in [3.05, 3.63) is 24.1 Å². The zero-order valence-corrected chi connectivity index (χ0v) is 9.02. The van der Waals surface area contributed by atoms with Crippen molar-refractivity contribution in [2.75, 3.05) is 14.2 Å². The number of aromatic nitrogens is 1. The first-order valence-electron chi connectivity index (χ1n) is 4.71. The predicted molar refractivity (Wildman–Crippen MR) is 56.3 cm³/mol. The number of hydrogen-bond donors (Lipinski definition) is 0. The molecule has 1 aromatic heterocycles. The highest BCUT2D eigenvalue weighted by atomic mass is 16.5. The topological polar surface area (TPSA) is 61.6 Å². The molecule has 0 atom stereocenters. The number of oxazole rings is 1. The number of hydrogen-bond acceptors (Lipinski definition) is 5. The van der Waals surface area contributed by atoms with Gasteiger partial charge in [-0.1, -0.05) is 0 Å². The second-order valence-corrected chi connectivity index (χ2v) is 3.25. The first-order chi connectivity index (χ1) is 7.74. The number of methoxy groups -OCH3 is 2. The fraction of sp³-hybridized carbons (Fsp3) is 0.273. The van der Waals surface area contributed by atoms with Gasteiger partial charge in [-0.15, -0.1) is 0 Å². The van der Waals surface area contributed by atoms with Crippen LogP contribution in [0.2, 0.25) is 0 Å². The van der Waals surface area contributed by atoms with E-state index in [9.17, 15) is 4.79 Å². The number of nitrogens with zero attached hydrogens (tertiary/aromatic N) is 1. The summed E-state index contributed by atoms with van der Waals surface area (Å²) >= 11 is 0. The average molecular weight is 221 g/mol. The van der Waals surface area contributed by atoms with Crippen LogP contribution in [0.4, 0.5) is 0 Å². The number of carbonyl (C=O) groups is 1. The minimum atomic E-state index is -0.305. The Morgan fingerprint density at radius 1 is 1.44 bits per heavy atom. The molecule has 0 fully saturated rings. The molecule has 84 valence electrons. The molecule has 0 unspecified atom stereocenters. The van der Waals surface area contributed by atoms with Gasteiger partial charge in [0.25, 0.3) is 0 Å². The zero-order valence-electron chi connectivity index (χ0n) is 9.02. The minimum Gasteiger partial charge on any atom is -0.494 e. The Labute approximate surface area is 92.0 Å². The van der Waals surface area contributed by atoms with Crippen LogP contribution in [0.15, 0.2) is 22.9 Å². The van der Waals surface area contributed by atoms with E-state index in [-0.39, 0.29) is 12.4 Å². The molecule has 16 heavy (non-hydrogen) atoms. The first kappa shape index (κ1) is 10.5. The Bertz CT molecular complexity index is 518. The van der Waals surface area contributed by atoms with Crippen molar-refractivity contribution >= 4 is 17.1 Å². The molecule has 0 radical (unpaired) electrons. The summed E-state index contributed by atoms with van der Waals surface area (Å²) in [5.41, 5.74) is 2.02. The van der Waals surface area contributed by atoms with E-state index in [1.165, 1.54) is 13.5 Å². The molecule has 0 N–H and O–H groups in total. The fourth-order valence-electron chi connectivity index (χ4n) is 1.49. The van der Waals surface area contributed by atoms with Crippen molar-refractivity contribution in [3.8, 4) is 5.75 Å². The first-order valence-corrected chi connectivity index (χ1v) is 4.71. The van der Waals surface area contributed by atoms with Gasteiger partial charge in [-0.25, -0.2) is 4.98 Å². The van der Waals surface area contributed by atoms with Crippen LogP contribution < -0.4 is 4.74 Å². The summed E-state index contributed by atoms with van der Waals surface area (Å²) in [4.78, 5) is 15.2. The number of rotatable bonds is 3. The molecule has 0 bridgehead atoms. The maximum Gasteiger partial charge on any atom is 0.309 e. The Morgan fingerprint density at radius 3 is 2.94 bits per heavy atom. The quantitative estimate of drug-likeness (QED) is 0.736. The molecule has 0 saturated heterocycles. The van der Waals surface area contributed by atoms with E-state index < -0.39 is 0 Å². The van der Waals surface area contributed by atoms with Crippen LogP contribution >= 0.6 is 0 Å². The van der Waals surface area contributed by atoms with Crippen LogP contribution in [0.1, 0.15) is 5.56 Å².